The van der Waals surface area contributed by atoms with Crippen molar-refractivity contribution in [3.8, 4) is 11.4 Å². The molecule has 3 heteroatoms. The molecule has 0 unspecified atom stereocenters. The highest BCUT2D eigenvalue weighted by atomic mass is 15.0. The number of para-hydroxylation sites is 3. The van der Waals surface area contributed by atoms with Crippen molar-refractivity contribution in [2.75, 3.05) is 0 Å². The van der Waals surface area contributed by atoms with Crippen molar-refractivity contribution in [1.29, 1.82) is 0 Å². The second kappa shape index (κ2) is 9.87. The Hall–Kier alpha value is -6.84. The summed E-state index contributed by atoms with van der Waals surface area (Å²) < 4.78 is 138. The number of hydrogen-bond donors (Lipinski definition) is 1. The van der Waals surface area contributed by atoms with Crippen LogP contribution in [0.5, 0.6) is 0 Å². The Labute approximate surface area is 313 Å². The number of aromatic nitrogens is 3. The van der Waals surface area contributed by atoms with E-state index < -0.39 is 96.3 Å². The number of hydrogen-bond acceptors (Lipinski definition) is 0. The van der Waals surface area contributed by atoms with Gasteiger partial charge in [-0.05, 0) is 81.4 Å². The Kier molecular flexibility index (Phi) is 3.23. The summed E-state index contributed by atoms with van der Waals surface area (Å²) in [6.45, 7) is 0. The summed E-state index contributed by atoms with van der Waals surface area (Å²) in [5.74, 6) is 0. The van der Waals surface area contributed by atoms with Crippen molar-refractivity contribution in [3.05, 3.63) is 169 Å². The number of H-pyrrole nitrogens is 1. The molecule has 236 valence electrons. The summed E-state index contributed by atoms with van der Waals surface area (Å²) >= 11 is 0. The first-order chi connectivity index (χ1) is 31.6. The van der Waals surface area contributed by atoms with Crippen molar-refractivity contribution in [1.82, 2.24) is 14.1 Å². The maximum atomic E-state index is 9.92. The number of nitrogens with one attached hydrogen (secondary N) is 1. The van der Waals surface area contributed by atoms with E-state index in [9.17, 15) is 6.85 Å². The van der Waals surface area contributed by atoms with Crippen LogP contribution in [0.2, 0.25) is 0 Å². The van der Waals surface area contributed by atoms with E-state index in [0.29, 0.717) is 11.2 Å². The average molecular weight is 663 g/mol. The lowest BCUT2D eigenvalue weighted by atomic mass is 9.92. The lowest BCUT2D eigenvalue weighted by Gasteiger charge is -2.12. The molecule has 0 aliphatic rings. The van der Waals surface area contributed by atoms with Gasteiger partial charge in [0, 0.05) is 60.1 Å². The second-order valence-corrected chi connectivity index (χ2v) is 12.6. The molecule has 0 amide bonds. The van der Waals surface area contributed by atoms with E-state index in [0.717, 1.165) is 53.2 Å². The molecule has 0 spiro atoms. The van der Waals surface area contributed by atoms with Gasteiger partial charge in [-0.2, -0.15) is 0 Å². The van der Waals surface area contributed by atoms with E-state index in [4.69, 9.17) is 13.7 Å². The minimum atomic E-state index is -0.704. The monoisotopic (exact) mass is 662 g/mol. The minimum absolute atomic E-state index is 0.0843. The Morgan fingerprint density at radius 1 is 0.373 bits per heavy atom. The van der Waals surface area contributed by atoms with E-state index in [2.05, 4.69) is 35.3 Å². The first kappa shape index (κ1) is 16.7. The van der Waals surface area contributed by atoms with Gasteiger partial charge in [-0.3, -0.25) is 0 Å². The summed E-state index contributed by atoms with van der Waals surface area (Å²) in [7, 11) is 0. The number of aromatic amines is 1. The molecule has 0 saturated heterocycles. The van der Waals surface area contributed by atoms with Gasteiger partial charge in [-0.25, -0.2) is 0 Å². The fourth-order valence-corrected chi connectivity index (χ4v) is 8.04. The van der Waals surface area contributed by atoms with Gasteiger partial charge >= 0.3 is 0 Å². The number of fused-ring (bicyclic) bond motifs is 16. The summed E-state index contributed by atoms with van der Waals surface area (Å²) in [5, 5.41) is 7.44. The van der Waals surface area contributed by atoms with Crippen molar-refractivity contribution in [2.24, 2.45) is 0 Å². The van der Waals surface area contributed by atoms with Crippen molar-refractivity contribution < 1.29 is 20.6 Å². The highest BCUT2D eigenvalue weighted by molar-refractivity contribution is 6.35. The van der Waals surface area contributed by atoms with Crippen LogP contribution in [0.25, 0.3) is 109 Å². The molecular weight excluding hydrogens is 619 g/mol. The smallest absolute Gasteiger partial charge is 0.0652 e. The fourth-order valence-electron chi connectivity index (χ4n) is 8.04. The molecule has 0 radical (unpaired) electrons. The van der Waals surface area contributed by atoms with E-state index in [1.165, 1.54) is 4.57 Å². The van der Waals surface area contributed by atoms with Crippen LogP contribution in [-0.2, 0) is 0 Å². The van der Waals surface area contributed by atoms with Crippen LogP contribution in [0.3, 0.4) is 0 Å². The van der Waals surface area contributed by atoms with Crippen molar-refractivity contribution in [2.45, 2.75) is 0 Å². The van der Waals surface area contributed by atoms with Crippen LogP contribution in [0, 0.1) is 0 Å². The lowest BCUT2D eigenvalue weighted by Crippen LogP contribution is -1.95. The number of nitrogens with zero attached hydrogens (tertiary/aromatic N) is 2. The van der Waals surface area contributed by atoms with Crippen LogP contribution in [0.15, 0.2) is 169 Å². The highest BCUT2D eigenvalue weighted by Crippen LogP contribution is 2.42. The highest BCUT2D eigenvalue weighted by Gasteiger charge is 2.18. The van der Waals surface area contributed by atoms with Gasteiger partial charge in [0.2, 0.25) is 0 Å². The molecule has 9 aromatic carbocycles. The molecule has 3 nitrogen and oxygen atoms in total. The van der Waals surface area contributed by atoms with Gasteiger partial charge in [-0.1, -0.05) is 115 Å². The molecule has 3 aromatic heterocycles. The standard InChI is InChI=1S/C48H29N3/c1-2-13-33-31(11-1)32-12-3-4-17-37(32)47-38(33)24-25-41-48(47)39-23-21-30(28-42(39)49-41)51-45-20-10-7-16-36(45)40-27-29(22-26-46(40)51)50-43-18-8-5-14-34(43)35-15-6-9-19-44(35)50/h1-28,49H/i5D,6D,7D,8D,9D,10D,14D,15D,16D,18D,19D,20D,22D,26D,27D. The summed E-state index contributed by atoms with van der Waals surface area (Å²) in [6, 6.07) is 16.8. The van der Waals surface area contributed by atoms with Crippen LogP contribution in [-0.4, -0.2) is 14.1 Å². The molecule has 0 fully saturated rings. The molecule has 12 rings (SSSR count). The zero-order valence-electron chi connectivity index (χ0n) is 41.4. The van der Waals surface area contributed by atoms with Crippen LogP contribution in [0.1, 0.15) is 20.6 Å². The third-order valence-electron chi connectivity index (χ3n) is 10.1. The van der Waals surface area contributed by atoms with E-state index in [1.807, 2.05) is 36.4 Å². The topological polar surface area (TPSA) is 25.6 Å². The zero-order valence-corrected chi connectivity index (χ0v) is 26.4. The summed E-state index contributed by atoms with van der Waals surface area (Å²) in [6.07, 6.45) is 0. The molecule has 0 aliphatic heterocycles. The molecule has 0 bridgehead atoms. The Morgan fingerprint density at radius 3 is 1.55 bits per heavy atom. The predicted octanol–water partition coefficient (Wildman–Crippen LogP) is 13.0. The number of benzene rings is 9. The quantitative estimate of drug-likeness (QED) is 0.178. The Morgan fingerprint density at radius 2 is 0.882 bits per heavy atom. The van der Waals surface area contributed by atoms with Crippen molar-refractivity contribution >= 4 is 97.7 Å². The van der Waals surface area contributed by atoms with Gasteiger partial charge in [0.05, 0.1) is 42.6 Å². The largest absolute Gasteiger partial charge is 0.354 e. The molecule has 0 aliphatic carbocycles. The predicted molar refractivity (Wildman–Crippen MR) is 217 cm³/mol. The van der Waals surface area contributed by atoms with Gasteiger partial charge < -0.3 is 14.1 Å². The third-order valence-corrected chi connectivity index (χ3v) is 10.1. The van der Waals surface area contributed by atoms with Gasteiger partial charge in [0.1, 0.15) is 0 Å². The normalized spacial score (nSPS) is 16.4. The van der Waals surface area contributed by atoms with Gasteiger partial charge in [-0.15, -0.1) is 0 Å². The molecule has 3 heterocycles. The van der Waals surface area contributed by atoms with Crippen LogP contribution >= 0.6 is 0 Å². The van der Waals surface area contributed by atoms with E-state index in [-0.39, 0.29) is 43.6 Å². The molecule has 12 aromatic rings. The van der Waals surface area contributed by atoms with Gasteiger partial charge in [0.25, 0.3) is 0 Å². The molecule has 0 atom stereocenters. The average Bonchev–Trinajstić information content (AvgIpc) is 4.00. The Bertz CT molecular complexity index is 4190. The maximum absolute atomic E-state index is 9.92. The molecule has 0 saturated carbocycles. The minimum Gasteiger partial charge on any atom is -0.354 e. The van der Waals surface area contributed by atoms with Crippen molar-refractivity contribution in [3.63, 3.8) is 0 Å². The molecule has 51 heavy (non-hydrogen) atoms. The van der Waals surface area contributed by atoms with Crippen LogP contribution < -0.4 is 0 Å². The molecular formula is C48H29N3. The van der Waals surface area contributed by atoms with Gasteiger partial charge in [0.15, 0.2) is 0 Å². The Balaban J connectivity index is 1.23. The lowest BCUT2D eigenvalue weighted by molar-refractivity contribution is 1.17. The SMILES string of the molecule is [2H]c1c([2H])c([2H])c2c(c1[2H])c1c([2H])c(-n3c4c([2H])c([2H])c([2H])c([2H])c4c4c([2H])c([2H])c([2H])c([2H])c43)c([2H])c([2H])c1n2-c1ccc2c(c1)[nH]c1ccc3c4ccccc4c4ccccc4c3c12. The zero-order chi connectivity index (χ0) is 46.3. The number of rotatable bonds is 2. The summed E-state index contributed by atoms with van der Waals surface area (Å²) in [5.41, 5.74) is 0.466. The van der Waals surface area contributed by atoms with E-state index in [1.54, 1.807) is 12.1 Å². The first-order valence-electron chi connectivity index (χ1n) is 23.9. The molecule has 1 N–H and O–H groups in total. The third kappa shape index (κ3) is 3.57. The van der Waals surface area contributed by atoms with Crippen LogP contribution in [0.4, 0.5) is 0 Å². The maximum Gasteiger partial charge on any atom is 0.0652 e. The first-order valence-corrected chi connectivity index (χ1v) is 16.4. The summed E-state index contributed by atoms with van der Waals surface area (Å²) in [4.78, 5) is 3.55. The second-order valence-electron chi connectivity index (χ2n) is 12.6. The van der Waals surface area contributed by atoms with E-state index >= 15 is 0 Å². The fraction of sp³-hybridized carbons (Fsp3) is 0.